The van der Waals surface area contributed by atoms with Gasteiger partial charge in [-0.3, -0.25) is 0 Å². The molecule has 20 heavy (non-hydrogen) atoms. The van der Waals surface area contributed by atoms with Gasteiger partial charge in [-0.05, 0) is 6.42 Å². The van der Waals surface area contributed by atoms with Gasteiger partial charge in [-0.1, -0.05) is 13.8 Å². The molecule has 0 aliphatic rings. The molecule has 0 saturated heterocycles. The van der Waals surface area contributed by atoms with Gasteiger partial charge in [0.2, 0.25) is 0 Å². The molecule has 2 rings (SSSR count). The second kappa shape index (κ2) is 6.13. The summed E-state index contributed by atoms with van der Waals surface area (Å²) in [6.07, 6.45) is 1.81. The first-order valence-electron chi connectivity index (χ1n) is 7.01. The standard InChI is InChI=1S/C15H23N3O2/c1-5-10(16)9-18-12-8-14(20-4)13(19-3)7-11(12)17-15(18)6-2/h7-8,10H,5-6,9,16H2,1-4H3. The van der Waals surface area contributed by atoms with Crippen LogP contribution in [0.15, 0.2) is 12.1 Å². The number of rotatable bonds is 6. The Bertz CT molecular complexity index is 592. The molecule has 1 atom stereocenters. The lowest BCUT2D eigenvalue weighted by molar-refractivity contribution is 0.355. The van der Waals surface area contributed by atoms with Gasteiger partial charge >= 0.3 is 0 Å². The van der Waals surface area contributed by atoms with E-state index in [4.69, 9.17) is 15.2 Å². The molecule has 0 aliphatic carbocycles. The summed E-state index contributed by atoms with van der Waals surface area (Å²) < 4.78 is 12.9. The Hall–Kier alpha value is -1.75. The fraction of sp³-hybridized carbons (Fsp3) is 0.533. The molecule has 1 unspecified atom stereocenters. The van der Waals surface area contributed by atoms with Crippen molar-refractivity contribution < 1.29 is 9.47 Å². The zero-order valence-corrected chi connectivity index (χ0v) is 12.6. The molecular weight excluding hydrogens is 254 g/mol. The van der Waals surface area contributed by atoms with E-state index in [9.17, 15) is 0 Å². The third-order valence-corrected chi connectivity index (χ3v) is 3.59. The largest absolute Gasteiger partial charge is 0.493 e. The second-order valence-electron chi connectivity index (χ2n) is 4.86. The monoisotopic (exact) mass is 277 g/mol. The summed E-state index contributed by atoms with van der Waals surface area (Å²) in [6, 6.07) is 4.02. The van der Waals surface area contributed by atoms with Gasteiger partial charge in [0.1, 0.15) is 5.82 Å². The van der Waals surface area contributed by atoms with Gasteiger partial charge in [0, 0.05) is 31.1 Å². The SMILES string of the molecule is CCc1nc2cc(OC)c(OC)cc2n1CC(N)CC. The number of nitrogens with two attached hydrogens (primary N) is 1. The van der Waals surface area contributed by atoms with Crippen LogP contribution in [0.2, 0.25) is 0 Å². The second-order valence-corrected chi connectivity index (χ2v) is 4.86. The first kappa shape index (κ1) is 14.7. The van der Waals surface area contributed by atoms with Crippen molar-refractivity contribution >= 4 is 11.0 Å². The Kier molecular flexibility index (Phi) is 4.49. The first-order valence-corrected chi connectivity index (χ1v) is 7.01. The third kappa shape index (κ3) is 2.58. The number of imidazole rings is 1. The van der Waals surface area contributed by atoms with Gasteiger partial charge in [0.25, 0.3) is 0 Å². The van der Waals surface area contributed by atoms with E-state index >= 15 is 0 Å². The predicted molar refractivity (Wildman–Crippen MR) is 80.5 cm³/mol. The molecule has 1 aromatic heterocycles. The van der Waals surface area contributed by atoms with Crippen molar-refractivity contribution in [3.63, 3.8) is 0 Å². The van der Waals surface area contributed by atoms with Crippen LogP contribution in [0, 0.1) is 0 Å². The smallest absolute Gasteiger partial charge is 0.163 e. The van der Waals surface area contributed by atoms with Gasteiger partial charge < -0.3 is 19.8 Å². The fourth-order valence-electron chi connectivity index (χ4n) is 2.34. The molecule has 1 aromatic carbocycles. The van der Waals surface area contributed by atoms with Crippen molar-refractivity contribution in [2.24, 2.45) is 5.73 Å². The molecule has 0 fully saturated rings. The Morgan fingerprint density at radius 3 is 2.40 bits per heavy atom. The van der Waals surface area contributed by atoms with Crippen molar-refractivity contribution in [1.82, 2.24) is 9.55 Å². The highest BCUT2D eigenvalue weighted by Crippen LogP contribution is 2.32. The summed E-state index contributed by atoms with van der Waals surface area (Å²) in [6.45, 7) is 4.97. The minimum absolute atomic E-state index is 0.130. The number of aryl methyl sites for hydroxylation is 1. The molecule has 2 aromatic rings. The van der Waals surface area contributed by atoms with E-state index in [1.54, 1.807) is 14.2 Å². The van der Waals surface area contributed by atoms with Crippen LogP contribution in [0.25, 0.3) is 11.0 Å². The van der Waals surface area contributed by atoms with E-state index in [1.807, 2.05) is 12.1 Å². The minimum atomic E-state index is 0.130. The minimum Gasteiger partial charge on any atom is -0.493 e. The van der Waals surface area contributed by atoms with E-state index in [2.05, 4.69) is 23.4 Å². The zero-order chi connectivity index (χ0) is 14.7. The maximum atomic E-state index is 6.10. The summed E-state index contributed by atoms with van der Waals surface area (Å²) in [7, 11) is 3.28. The molecule has 5 nitrogen and oxygen atoms in total. The van der Waals surface area contributed by atoms with Crippen LogP contribution in [0.1, 0.15) is 26.1 Å². The molecule has 5 heteroatoms. The lowest BCUT2D eigenvalue weighted by Crippen LogP contribution is -2.26. The fourth-order valence-corrected chi connectivity index (χ4v) is 2.34. The van der Waals surface area contributed by atoms with Crippen LogP contribution in [0.4, 0.5) is 0 Å². The average Bonchev–Trinajstić information content (AvgIpc) is 2.82. The van der Waals surface area contributed by atoms with Crippen molar-refractivity contribution in [2.75, 3.05) is 14.2 Å². The van der Waals surface area contributed by atoms with E-state index in [0.29, 0.717) is 11.5 Å². The predicted octanol–water partition coefficient (Wildman–Crippen LogP) is 2.35. The third-order valence-electron chi connectivity index (χ3n) is 3.59. The molecule has 0 bridgehead atoms. The lowest BCUT2D eigenvalue weighted by atomic mass is 10.2. The Balaban J connectivity index is 2.59. The first-order chi connectivity index (χ1) is 9.64. The van der Waals surface area contributed by atoms with Crippen LogP contribution in [0.3, 0.4) is 0 Å². The maximum absolute atomic E-state index is 6.10. The zero-order valence-electron chi connectivity index (χ0n) is 12.6. The van der Waals surface area contributed by atoms with Crippen LogP contribution in [0.5, 0.6) is 11.5 Å². The van der Waals surface area contributed by atoms with E-state index in [0.717, 1.165) is 36.2 Å². The maximum Gasteiger partial charge on any atom is 0.163 e. The molecule has 0 saturated carbocycles. The van der Waals surface area contributed by atoms with Crippen LogP contribution >= 0.6 is 0 Å². The molecule has 0 aliphatic heterocycles. The Morgan fingerprint density at radius 1 is 1.20 bits per heavy atom. The van der Waals surface area contributed by atoms with Crippen molar-refractivity contribution in [3.05, 3.63) is 18.0 Å². The lowest BCUT2D eigenvalue weighted by Gasteiger charge is -2.14. The average molecular weight is 277 g/mol. The number of nitrogens with zero attached hydrogens (tertiary/aromatic N) is 2. The highest BCUT2D eigenvalue weighted by molar-refractivity contribution is 5.80. The molecular formula is C15H23N3O2. The summed E-state index contributed by atoms with van der Waals surface area (Å²) in [5, 5.41) is 0. The summed E-state index contributed by atoms with van der Waals surface area (Å²) in [5.41, 5.74) is 8.06. The number of hydrogen-bond acceptors (Lipinski definition) is 4. The molecule has 2 N–H and O–H groups in total. The van der Waals surface area contributed by atoms with E-state index in [1.165, 1.54) is 0 Å². The Morgan fingerprint density at radius 2 is 1.85 bits per heavy atom. The molecule has 1 heterocycles. The van der Waals surface area contributed by atoms with Crippen molar-refractivity contribution in [1.29, 1.82) is 0 Å². The van der Waals surface area contributed by atoms with Gasteiger partial charge in [0.15, 0.2) is 11.5 Å². The van der Waals surface area contributed by atoms with E-state index in [-0.39, 0.29) is 6.04 Å². The molecule has 0 spiro atoms. The molecule has 0 amide bonds. The van der Waals surface area contributed by atoms with Gasteiger partial charge in [-0.25, -0.2) is 4.98 Å². The number of ether oxygens (including phenoxy) is 2. The van der Waals surface area contributed by atoms with Crippen LogP contribution in [-0.2, 0) is 13.0 Å². The van der Waals surface area contributed by atoms with Crippen molar-refractivity contribution in [2.45, 2.75) is 39.3 Å². The highest BCUT2D eigenvalue weighted by Gasteiger charge is 2.15. The highest BCUT2D eigenvalue weighted by atomic mass is 16.5. The quantitative estimate of drug-likeness (QED) is 0.880. The van der Waals surface area contributed by atoms with Gasteiger partial charge in [0.05, 0.1) is 25.3 Å². The van der Waals surface area contributed by atoms with E-state index < -0.39 is 0 Å². The van der Waals surface area contributed by atoms with Gasteiger partial charge in [-0.2, -0.15) is 0 Å². The normalized spacial score (nSPS) is 12.7. The number of fused-ring (bicyclic) bond motifs is 1. The topological polar surface area (TPSA) is 62.3 Å². The number of methoxy groups -OCH3 is 2. The Labute approximate surface area is 119 Å². The number of hydrogen-bond donors (Lipinski definition) is 1. The summed E-state index contributed by atoms with van der Waals surface area (Å²) >= 11 is 0. The summed E-state index contributed by atoms with van der Waals surface area (Å²) in [5.74, 6) is 2.46. The van der Waals surface area contributed by atoms with Gasteiger partial charge in [-0.15, -0.1) is 0 Å². The molecule has 0 radical (unpaired) electrons. The van der Waals surface area contributed by atoms with Crippen LogP contribution in [-0.4, -0.2) is 29.8 Å². The molecule has 110 valence electrons. The summed E-state index contributed by atoms with van der Waals surface area (Å²) in [4.78, 5) is 4.67. The van der Waals surface area contributed by atoms with Crippen molar-refractivity contribution in [3.8, 4) is 11.5 Å². The van der Waals surface area contributed by atoms with Crippen LogP contribution < -0.4 is 15.2 Å². The number of aromatic nitrogens is 2. The number of benzene rings is 1.